The minimum absolute atomic E-state index is 0.0441. The molecule has 0 aromatic heterocycles. The Kier molecular flexibility index (Phi) is 8.27. The van der Waals surface area contributed by atoms with E-state index < -0.39 is 6.04 Å². The number of halogens is 1. The van der Waals surface area contributed by atoms with Crippen LogP contribution < -0.4 is 5.32 Å². The van der Waals surface area contributed by atoms with Gasteiger partial charge in [-0.15, -0.1) is 0 Å². The van der Waals surface area contributed by atoms with E-state index in [1.807, 2.05) is 75.4 Å². The highest BCUT2D eigenvalue weighted by molar-refractivity contribution is 6.31. The van der Waals surface area contributed by atoms with Gasteiger partial charge < -0.3 is 10.2 Å². The predicted octanol–water partition coefficient (Wildman–Crippen LogP) is 4.65. The normalized spacial score (nSPS) is 12.3. The molecule has 0 radical (unpaired) electrons. The minimum atomic E-state index is -0.545. The van der Waals surface area contributed by atoms with Crippen LogP contribution in [0.2, 0.25) is 5.02 Å². The lowest BCUT2D eigenvalue weighted by atomic mass is 10.1. The number of rotatable bonds is 8. The zero-order chi connectivity index (χ0) is 21.4. The van der Waals surface area contributed by atoms with Crippen LogP contribution in [0.25, 0.3) is 0 Å². The van der Waals surface area contributed by atoms with Gasteiger partial charge in [0.05, 0.1) is 0 Å². The molecule has 0 aliphatic carbocycles. The third-order valence-corrected chi connectivity index (χ3v) is 5.08. The number of nitrogens with one attached hydrogen (secondary N) is 1. The summed E-state index contributed by atoms with van der Waals surface area (Å²) in [6.45, 7) is 8.09. The SMILES string of the molecule is C[C@@H](C(=O)NC(C)(C)C)N(CCc1ccccc1)C(=O)CCc1ccccc1Cl. The number of amides is 2. The zero-order valence-electron chi connectivity index (χ0n) is 17.7. The Morgan fingerprint density at radius 3 is 2.24 bits per heavy atom. The average Bonchev–Trinajstić information content (AvgIpc) is 2.66. The highest BCUT2D eigenvalue weighted by Gasteiger charge is 2.27. The second-order valence-corrected chi connectivity index (χ2v) is 8.74. The second-order valence-electron chi connectivity index (χ2n) is 8.33. The van der Waals surface area contributed by atoms with E-state index in [4.69, 9.17) is 11.6 Å². The molecule has 0 unspecified atom stereocenters. The van der Waals surface area contributed by atoms with Gasteiger partial charge in [0, 0.05) is 23.5 Å². The van der Waals surface area contributed by atoms with Crippen molar-refractivity contribution in [1.82, 2.24) is 10.2 Å². The summed E-state index contributed by atoms with van der Waals surface area (Å²) in [6, 6.07) is 17.0. The predicted molar refractivity (Wildman–Crippen MR) is 119 cm³/mol. The van der Waals surface area contributed by atoms with Crippen LogP contribution in [0.5, 0.6) is 0 Å². The number of hydrogen-bond donors (Lipinski definition) is 1. The molecule has 0 aliphatic rings. The zero-order valence-corrected chi connectivity index (χ0v) is 18.5. The third kappa shape index (κ3) is 7.54. The van der Waals surface area contributed by atoms with Crippen LogP contribution in [0.15, 0.2) is 54.6 Å². The Hall–Kier alpha value is -2.33. The molecule has 4 nitrogen and oxygen atoms in total. The lowest BCUT2D eigenvalue weighted by Crippen LogP contribution is -2.53. The first kappa shape index (κ1) is 23.0. The van der Waals surface area contributed by atoms with E-state index in [9.17, 15) is 9.59 Å². The quantitative estimate of drug-likeness (QED) is 0.683. The summed E-state index contributed by atoms with van der Waals surface area (Å²) in [5.74, 6) is -0.186. The Balaban J connectivity index is 2.10. The fourth-order valence-corrected chi connectivity index (χ4v) is 3.36. The van der Waals surface area contributed by atoms with Gasteiger partial charge in [0.15, 0.2) is 0 Å². The van der Waals surface area contributed by atoms with Crippen LogP contribution in [0.3, 0.4) is 0 Å². The maximum atomic E-state index is 13.1. The Morgan fingerprint density at radius 1 is 1.00 bits per heavy atom. The van der Waals surface area contributed by atoms with Gasteiger partial charge in [-0.2, -0.15) is 0 Å². The smallest absolute Gasteiger partial charge is 0.242 e. The molecule has 2 aromatic rings. The van der Waals surface area contributed by atoms with Gasteiger partial charge in [-0.05, 0) is 57.7 Å². The van der Waals surface area contributed by atoms with E-state index in [0.717, 1.165) is 11.1 Å². The molecular formula is C24H31ClN2O2. The van der Waals surface area contributed by atoms with Crippen molar-refractivity contribution in [2.24, 2.45) is 0 Å². The monoisotopic (exact) mass is 414 g/mol. The number of benzene rings is 2. The molecule has 2 amide bonds. The largest absolute Gasteiger partial charge is 0.350 e. The number of carbonyl (C=O) groups excluding carboxylic acids is 2. The molecule has 156 valence electrons. The van der Waals surface area contributed by atoms with Gasteiger partial charge in [0.2, 0.25) is 11.8 Å². The fourth-order valence-electron chi connectivity index (χ4n) is 3.13. The van der Waals surface area contributed by atoms with Gasteiger partial charge in [0.1, 0.15) is 6.04 Å². The summed E-state index contributed by atoms with van der Waals surface area (Å²) in [7, 11) is 0. The van der Waals surface area contributed by atoms with E-state index in [1.165, 1.54) is 0 Å². The molecule has 0 spiro atoms. The first-order chi connectivity index (χ1) is 13.7. The van der Waals surface area contributed by atoms with Crippen LogP contribution >= 0.6 is 11.6 Å². The van der Waals surface area contributed by atoms with Crippen LogP contribution in [0.1, 0.15) is 45.2 Å². The van der Waals surface area contributed by atoms with Crippen LogP contribution in [-0.2, 0) is 22.4 Å². The first-order valence-electron chi connectivity index (χ1n) is 10.1. The van der Waals surface area contributed by atoms with E-state index >= 15 is 0 Å². The molecular weight excluding hydrogens is 384 g/mol. The molecule has 0 bridgehead atoms. The number of carbonyl (C=O) groups is 2. The van der Waals surface area contributed by atoms with Crippen molar-refractivity contribution in [2.45, 2.75) is 58.5 Å². The minimum Gasteiger partial charge on any atom is -0.350 e. The van der Waals surface area contributed by atoms with Crippen molar-refractivity contribution in [3.8, 4) is 0 Å². The Bertz CT molecular complexity index is 815. The van der Waals surface area contributed by atoms with Crippen molar-refractivity contribution in [2.75, 3.05) is 6.54 Å². The average molecular weight is 415 g/mol. The summed E-state index contributed by atoms with van der Waals surface area (Å²) in [6.07, 6.45) is 1.56. The van der Waals surface area contributed by atoms with Crippen molar-refractivity contribution in [1.29, 1.82) is 0 Å². The van der Waals surface area contributed by atoms with Gasteiger partial charge in [-0.1, -0.05) is 60.1 Å². The maximum absolute atomic E-state index is 13.1. The molecule has 0 heterocycles. The fraction of sp³-hybridized carbons (Fsp3) is 0.417. The lowest BCUT2D eigenvalue weighted by Gasteiger charge is -2.31. The second kappa shape index (κ2) is 10.4. The van der Waals surface area contributed by atoms with Crippen molar-refractivity contribution < 1.29 is 9.59 Å². The molecule has 2 rings (SSSR count). The van der Waals surface area contributed by atoms with E-state index in [-0.39, 0.29) is 17.4 Å². The van der Waals surface area contributed by atoms with E-state index in [0.29, 0.717) is 30.8 Å². The molecule has 0 aliphatic heterocycles. The maximum Gasteiger partial charge on any atom is 0.242 e. The van der Waals surface area contributed by atoms with Gasteiger partial charge in [-0.3, -0.25) is 9.59 Å². The van der Waals surface area contributed by atoms with Gasteiger partial charge in [0.25, 0.3) is 0 Å². The Labute approximate surface area is 179 Å². The molecule has 0 fully saturated rings. The molecule has 0 saturated heterocycles. The lowest BCUT2D eigenvalue weighted by molar-refractivity contribution is -0.140. The third-order valence-electron chi connectivity index (χ3n) is 4.72. The molecule has 29 heavy (non-hydrogen) atoms. The summed E-state index contributed by atoms with van der Waals surface area (Å²) in [5, 5.41) is 3.64. The molecule has 1 atom stereocenters. The van der Waals surface area contributed by atoms with Gasteiger partial charge >= 0.3 is 0 Å². The molecule has 5 heteroatoms. The van der Waals surface area contributed by atoms with E-state index in [2.05, 4.69) is 5.32 Å². The summed E-state index contributed by atoms with van der Waals surface area (Å²) >= 11 is 6.23. The molecule has 0 saturated carbocycles. The van der Waals surface area contributed by atoms with Crippen LogP contribution in [0.4, 0.5) is 0 Å². The first-order valence-corrected chi connectivity index (χ1v) is 10.4. The highest BCUT2D eigenvalue weighted by Crippen LogP contribution is 2.18. The van der Waals surface area contributed by atoms with Crippen molar-refractivity contribution in [3.63, 3.8) is 0 Å². The molecule has 2 aromatic carbocycles. The number of nitrogens with zero attached hydrogens (tertiary/aromatic N) is 1. The van der Waals surface area contributed by atoms with Crippen molar-refractivity contribution in [3.05, 3.63) is 70.7 Å². The van der Waals surface area contributed by atoms with E-state index in [1.54, 1.807) is 11.8 Å². The highest BCUT2D eigenvalue weighted by atomic mass is 35.5. The van der Waals surface area contributed by atoms with Crippen LogP contribution in [0, 0.1) is 0 Å². The topological polar surface area (TPSA) is 49.4 Å². The number of hydrogen-bond acceptors (Lipinski definition) is 2. The Morgan fingerprint density at radius 2 is 1.62 bits per heavy atom. The summed E-state index contributed by atoms with van der Waals surface area (Å²) < 4.78 is 0. The summed E-state index contributed by atoms with van der Waals surface area (Å²) in [5.41, 5.74) is 1.73. The summed E-state index contributed by atoms with van der Waals surface area (Å²) in [4.78, 5) is 27.5. The molecule has 1 N–H and O–H groups in total. The van der Waals surface area contributed by atoms with Crippen molar-refractivity contribution >= 4 is 23.4 Å². The van der Waals surface area contributed by atoms with Gasteiger partial charge in [-0.25, -0.2) is 0 Å². The number of aryl methyl sites for hydroxylation is 1. The standard InChI is InChI=1S/C24H31ClN2O2/c1-18(23(29)26-24(2,3)4)27(17-16-19-10-6-5-7-11-19)22(28)15-14-20-12-8-9-13-21(20)25/h5-13,18H,14-17H2,1-4H3,(H,26,29)/t18-/m0/s1. The van der Waals surface area contributed by atoms with Crippen LogP contribution in [-0.4, -0.2) is 34.8 Å².